The topological polar surface area (TPSA) is 115 Å². The summed E-state index contributed by atoms with van der Waals surface area (Å²) in [5.74, 6) is 1.16. The summed E-state index contributed by atoms with van der Waals surface area (Å²) >= 11 is 0. The summed E-state index contributed by atoms with van der Waals surface area (Å²) in [5, 5.41) is 8.18. The molecule has 2 heterocycles. The van der Waals surface area contributed by atoms with Crippen LogP contribution in [0.3, 0.4) is 0 Å². The lowest BCUT2D eigenvalue weighted by atomic mass is 10.2. The third kappa shape index (κ3) is 6.08. The molecule has 2 N–H and O–H groups in total. The van der Waals surface area contributed by atoms with Crippen LogP contribution in [0.2, 0.25) is 0 Å². The van der Waals surface area contributed by atoms with Crippen LogP contribution in [-0.4, -0.2) is 59.8 Å². The lowest BCUT2D eigenvalue weighted by Gasteiger charge is -2.10. The first-order valence-corrected chi connectivity index (χ1v) is 10.1. The zero-order valence-electron chi connectivity index (χ0n) is 18.5. The molecule has 3 rings (SSSR count). The molecule has 0 radical (unpaired) electrons. The van der Waals surface area contributed by atoms with Crippen molar-refractivity contribution in [1.29, 1.82) is 0 Å². The molecule has 9 nitrogen and oxygen atoms in total. The number of nitrogens with zero attached hydrogens (tertiary/aromatic N) is 6. The van der Waals surface area contributed by atoms with E-state index in [4.69, 9.17) is 14.9 Å². The van der Waals surface area contributed by atoms with Gasteiger partial charge in [0.2, 0.25) is 11.8 Å². The highest BCUT2D eigenvalue weighted by molar-refractivity contribution is 6.01. The number of aliphatic imine (C=N–C) groups is 2. The van der Waals surface area contributed by atoms with E-state index in [1.807, 2.05) is 63.5 Å². The van der Waals surface area contributed by atoms with Crippen molar-refractivity contribution in [3.05, 3.63) is 65.9 Å². The maximum Gasteiger partial charge on any atom is 0.270 e. The van der Waals surface area contributed by atoms with Crippen molar-refractivity contribution < 1.29 is 9.15 Å². The molecule has 0 unspecified atom stereocenters. The van der Waals surface area contributed by atoms with Gasteiger partial charge in [0.05, 0.1) is 6.61 Å². The number of hydrogen-bond donors (Lipinski definition) is 1. The molecule has 0 aliphatic carbocycles. The molecular weight excluding hydrogens is 406 g/mol. The highest BCUT2D eigenvalue weighted by Crippen LogP contribution is 2.24. The Labute approximate surface area is 187 Å². The number of nitrogens with two attached hydrogens (primary N) is 1. The normalized spacial score (nSPS) is 12.6. The first-order valence-electron chi connectivity index (χ1n) is 10.1. The molecule has 0 atom stereocenters. The Morgan fingerprint density at radius 2 is 1.94 bits per heavy atom. The van der Waals surface area contributed by atoms with E-state index >= 15 is 0 Å². The molecule has 0 aliphatic heterocycles. The predicted molar refractivity (Wildman–Crippen MR) is 126 cm³/mol. The Morgan fingerprint density at radius 3 is 2.59 bits per heavy atom. The van der Waals surface area contributed by atoms with Crippen LogP contribution in [0.1, 0.15) is 24.8 Å². The quantitative estimate of drug-likeness (QED) is 0.385. The summed E-state index contributed by atoms with van der Waals surface area (Å²) in [4.78, 5) is 14.8. The van der Waals surface area contributed by atoms with Gasteiger partial charge in [0.1, 0.15) is 0 Å². The fourth-order valence-electron chi connectivity index (χ4n) is 2.78. The molecule has 1 aromatic carbocycles. The lowest BCUT2D eigenvalue weighted by molar-refractivity contribution is 0.273. The van der Waals surface area contributed by atoms with E-state index in [0.717, 1.165) is 24.1 Å². The second kappa shape index (κ2) is 11.0. The van der Waals surface area contributed by atoms with E-state index in [1.165, 1.54) is 0 Å². The van der Waals surface area contributed by atoms with E-state index in [1.54, 1.807) is 6.20 Å². The highest BCUT2D eigenvalue weighted by Gasteiger charge is 2.16. The van der Waals surface area contributed by atoms with E-state index in [0.29, 0.717) is 24.1 Å². The van der Waals surface area contributed by atoms with Crippen molar-refractivity contribution >= 4 is 18.1 Å². The third-order valence-electron chi connectivity index (χ3n) is 4.49. The van der Waals surface area contributed by atoms with Crippen LogP contribution in [0.4, 0.5) is 0 Å². The van der Waals surface area contributed by atoms with E-state index in [2.05, 4.69) is 36.8 Å². The van der Waals surface area contributed by atoms with Crippen LogP contribution in [0.5, 0.6) is 5.88 Å². The summed E-state index contributed by atoms with van der Waals surface area (Å²) in [6, 6.07) is 13.1. The van der Waals surface area contributed by atoms with Crippen LogP contribution in [-0.2, 0) is 0 Å². The summed E-state index contributed by atoms with van der Waals surface area (Å²) in [7, 11) is 4.06. The smallest absolute Gasteiger partial charge is 0.270 e. The number of benzene rings is 1. The molecule has 2 aromatic heterocycles. The molecule has 0 fully saturated rings. The summed E-state index contributed by atoms with van der Waals surface area (Å²) in [6.07, 6.45) is 2.62. The molecule has 3 aromatic rings. The van der Waals surface area contributed by atoms with E-state index in [9.17, 15) is 0 Å². The zero-order valence-corrected chi connectivity index (χ0v) is 18.5. The number of pyridine rings is 1. The Kier molecular flexibility index (Phi) is 7.82. The average molecular weight is 434 g/mol. The largest absolute Gasteiger partial charge is 0.478 e. The van der Waals surface area contributed by atoms with Gasteiger partial charge in [-0.3, -0.25) is 0 Å². The number of aromatic nitrogens is 3. The van der Waals surface area contributed by atoms with Gasteiger partial charge >= 0.3 is 0 Å². The number of ether oxygens (including phenoxy) is 1. The maximum absolute atomic E-state index is 6.01. The summed E-state index contributed by atoms with van der Waals surface area (Å²) in [5.41, 5.74) is 8.50. The lowest BCUT2D eigenvalue weighted by Crippen LogP contribution is -2.15. The van der Waals surface area contributed by atoms with Crippen molar-refractivity contribution in [2.24, 2.45) is 15.7 Å². The first kappa shape index (κ1) is 22.8. The van der Waals surface area contributed by atoms with E-state index < -0.39 is 0 Å². The molecule has 0 saturated heterocycles. The maximum atomic E-state index is 6.01. The van der Waals surface area contributed by atoms with Gasteiger partial charge in [0.15, 0.2) is 11.5 Å². The number of hydrogen-bond acceptors (Lipinski definition) is 9. The SMILES string of the molecule is C=N/C(N)=C(\N=C(/C)c1ccc(OCCCN(C)C)nc1)c1nnc(-c2ccccc2)o1. The predicted octanol–water partition coefficient (Wildman–Crippen LogP) is 3.26. The van der Waals surface area contributed by atoms with Gasteiger partial charge in [-0.15, -0.1) is 10.2 Å². The Hall–Kier alpha value is -3.85. The van der Waals surface area contributed by atoms with Crippen LogP contribution in [0.25, 0.3) is 17.2 Å². The molecule has 0 amide bonds. The zero-order chi connectivity index (χ0) is 22.9. The van der Waals surface area contributed by atoms with Crippen molar-refractivity contribution in [1.82, 2.24) is 20.1 Å². The van der Waals surface area contributed by atoms with Crippen molar-refractivity contribution in [2.75, 3.05) is 27.2 Å². The van der Waals surface area contributed by atoms with Crippen molar-refractivity contribution in [3.8, 4) is 17.3 Å². The van der Waals surface area contributed by atoms with Crippen molar-refractivity contribution in [3.63, 3.8) is 0 Å². The molecule has 32 heavy (non-hydrogen) atoms. The Balaban J connectivity index is 1.77. The van der Waals surface area contributed by atoms with Gasteiger partial charge in [-0.25, -0.2) is 15.0 Å². The Morgan fingerprint density at radius 1 is 1.16 bits per heavy atom. The minimum Gasteiger partial charge on any atom is -0.478 e. The molecule has 0 saturated carbocycles. The van der Waals surface area contributed by atoms with Gasteiger partial charge in [0.25, 0.3) is 5.89 Å². The Bertz CT molecular complexity index is 1090. The standard InChI is InChI=1S/C23H27N7O2/c1-16(18-11-12-19(26-15-18)31-14-8-13-30(3)4)27-20(21(24)25-2)23-29-28-22(32-23)17-9-6-5-7-10-17/h5-7,9-12,15H,2,8,13-14,24H2,1,3-4H3/b21-20-,27-16+. The van der Waals surface area contributed by atoms with Gasteiger partial charge in [-0.05, 0) is 52.4 Å². The molecular formula is C23H27N7O2. The van der Waals surface area contributed by atoms with Crippen LogP contribution < -0.4 is 10.5 Å². The fraction of sp³-hybridized carbons (Fsp3) is 0.261. The second-order valence-electron chi connectivity index (χ2n) is 7.26. The summed E-state index contributed by atoms with van der Waals surface area (Å²) in [6.45, 7) is 6.88. The molecule has 0 spiro atoms. The minimum absolute atomic E-state index is 0.0846. The highest BCUT2D eigenvalue weighted by atomic mass is 16.5. The van der Waals surface area contributed by atoms with E-state index in [-0.39, 0.29) is 17.4 Å². The first-order chi connectivity index (χ1) is 15.5. The minimum atomic E-state index is 0.0846. The monoisotopic (exact) mass is 433 g/mol. The van der Waals surface area contributed by atoms with Crippen LogP contribution >= 0.6 is 0 Å². The van der Waals surface area contributed by atoms with Gasteiger partial charge < -0.3 is 19.8 Å². The van der Waals surface area contributed by atoms with Crippen molar-refractivity contribution in [2.45, 2.75) is 13.3 Å². The number of rotatable bonds is 10. The van der Waals surface area contributed by atoms with Gasteiger partial charge in [-0.2, -0.15) is 0 Å². The molecule has 166 valence electrons. The van der Waals surface area contributed by atoms with Gasteiger partial charge in [0, 0.05) is 35.6 Å². The van der Waals surface area contributed by atoms with Gasteiger partial charge in [-0.1, -0.05) is 18.2 Å². The van der Waals surface area contributed by atoms with Crippen LogP contribution in [0.15, 0.2) is 68.9 Å². The molecule has 9 heteroatoms. The fourth-order valence-corrected chi connectivity index (χ4v) is 2.78. The average Bonchev–Trinajstić information content (AvgIpc) is 3.30. The molecule has 0 bridgehead atoms. The molecule has 0 aliphatic rings. The summed E-state index contributed by atoms with van der Waals surface area (Å²) < 4.78 is 11.5. The van der Waals surface area contributed by atoms with Crippen LogP contribution in [0, 0.1) is 0 Å². The second-order valence-corrected chi connectivity index (χ2v) is 7.26. The third-order valence-corrected chi connectivity index (χ3v) is 4.49.